The molecule has 1 aliphatic carbocycles. The molecule has 0 amide bonds. The van der Waals surface area contributed by atoms with Crippen LogP contribution in [0.5, 0.6) is 11.5 Å². The largest absolute Gasteiger partial charge is 0.493 e. The Labute approximate surface area is 139 Å². The first-order chi connectivity index (χ1) is 11.5. The number of ketones is 2. The molecule has 5 heteroatoms. The molecule has 2 aromatic rings. The monoisotopic (exact) mass is 323 g/mol. The van der Waals surface area contributed by atoms with E-state index in [9.17, 15) is 9.59 Å². The van der Waals surface area contributed by atoms with Gasteiger partial charge in [0.2, 0.25) is 0 Å². The van der Waals surface area contributed by atoms with Crippen LogP contribution in [0.4, 0.5) is 0 Å². The number of ether oxygens (including phenoxy) is 2. The van der Waals surface area contributed by atoms with Crippen LogP contribution in [0.15, 0.2) is 36.2 Å². The predicted octanol–water partition coefficient (Wildman–Crippen LogP) is 3.12. The first kappa shape index (κ1) is 15.9. The standard InChI is InChI=1S/C19H17NO4/c1-11(21)16-10-20-5-4-12(16)6-14-7-13-8-17(23-2)18(24-3)9-15(13)19(14)22/h4-6,8-10H,7H2,1-3H3/b14-6+. The van der Waals surface area contributed by atoms with E-state index in [1.807, 2.05) is 6.07 Å². The van der Waals surface area contributed by atoms with E-state index in [1.54, 1.807) is 31.5 Å². The van der Waals surface area contributed by atoms with Crippen molar-refractivity contribution in [2.75, 3.05) is 14.2 Å². The third-order valence-corrected chi connectivity index (χ3v) is 4.09. The third kappa shape index (κ3) is 2.69. The number of carbonyl (C=O) groups excluding carboxylic acids is 2. The van der Waals surface area contributed by atoms with Crippen molar-refractivity contribution in [1.82, 2.24) is 4.98 Å². The maximum absolute atomic E-state index is 12.7. The van der Waals surface area contributed by atoms with Crippen LogP contribution >= 0.6 is 0 Å². The van der Waals surface area contributed by atoms with Crippen LogP contribution in [0.2, 0.25) is 0 Å². The SMILES string of the molecule is COc1cc2c(cc1OC)C(=O)/C(=C/c1ccncc1C(C)=O)C2. The highest BCUT2D eigenvalue weighted by atomic mass is 16.5. The lowest BCUT2D eigenvalue weighted by atomic mass is 10.0. The lowest BCUT2D eigenvalue weighted by Gasteiger charge is -2.08. The number of nitrogens with zero attached hydrogens (tertiary/aromatic N) is 1. The Morgan fingerprint density at radius 2 is 1.92 bits per heavy atom. The van der Waals surface area contributed by atoms with Crippen molar-refractivity contribution < 1.29 is 19.1 Å². The Hall–Kier alpha value is -2.95. The van der Waals surface area contributed by atoms with Crippen LogP contribution in [-0.2, 0) is 6.42 Å². The minimum atomic E-state index is -0.0822. The van der Waals surface area contributed by atoms with Crippen molar-refractivity contribution in [2.45, 2.75) is 13.3 Å². The summed E-state index contributed by atoms with van der Waals surface area (Å²) in [5, 5.41) is 0. The van der Waals surface area contributed by atoms with Gasteiger partial charge in [-0.1, -0.05) is 0 Å². The van der Waals surface area contributed by atoms with Gasteiger partial charge in [0, 0.05) is 35.5 Å². The number of Topliss-reactive ketones (excluding diaryl/α,β-unsaturated/α-hetero) is 2. The molecule has 0 aliphatic heterocycles. The summed E-state index contributed by atoms with van der Waals surface area (Å²) >= 11 is 0. The second kappa shape index (κ2) is 6.28. The topological polar surface area (TPSA) is 65.5 Å². The number of rotatable bonds is 4. The van der Waals surface area contributed by atoms with E-state index < -0.39 is 0 Å². The molecule has 122 valence electrons. The number of carbonyl (C=O) groups is 2. The smallest absolute Gasteiger partial charge is 0.189 e. The van der Waals surface area contributed by atoms with E-state index in [-0.39, 0.29) is 11.6 Å². The predicted molar refractivity (Wildman–Crippen MR) is 89.8 cm³/mol. The molecule has 5 nitrogen and oxygen atoms in total. The van der Waals surface area contributed by atoms with Gasteiger partial charge in [-0.25, -0.2) is 0 Å². The number of methoxy groups -OCH3 is 2. The zero-order valence-corrected chi connectivity index (χ0v) is 13.8. The Balaban J connectivity index is 2.04. The zero-order chi connectivity index (χ0) is 17.3. The van der Waals surface area contributed by atoms with Crippen LogP contribution in [0.25, 0.3) is 6.08 Å². The Morgan fingerprint density at radius 1 is 1.21 bits per heavy atom. The van der Waals surface area contributed by atoms with Crippen LogP contribution in [0, 0.1) is 0 Å². The summed E-state index contributed by atoms with van der Waals surface area (Å²) < 4.78 is 10.6. The quantitative estimate of drug-likeness (QED) is 0.639. The average molecular weight is 323 g/mol. The number of hydrogen-bond donors (Lipinski definition) is 0. The molecule has 1 aromatic carbocycles. The fraction of sp³-hybridized carbons (Fsp3) is 0.211. The molecule has 3 rings (SSSR count). The highest BCUT2D eigenvalue weighted by molar-refractivity contribution is 6.16. The van der Waals surface area contributed by atoms with Gasteiger partial charge in [-0.15, -0.1) is 0 Å². The summed E-state index contributed by atoms with van der Waals surface area (Å²) in [6.45, 7) is 1.49. The van der Waals surface area contributed by atoms with Crippen molar-refractivity contribution in [3.05, 3.63) is 58.4 Å². The molecule has 1 heterocycles. The lowest BCUT2D eigenvalue weighted by Crippen LogP contribution is -2.00. The fourth-order valence-corrected chi connectivity index (χ4v) is 2.87. The minimum Gasteiger partial charge on any atom is -0.493 e. The van der Waals surface area contributed by atoms with Gasteiger partial charge in [0.15, 0.2) is 23.1 Å². The highest BCUT2D eigenvalue weighted by Crippen LogP contribution is 2.37. The van der Waals surface area contributed by atoms with E-state index >= 15 is 0 Å². The Bertz CT molecular complexity index is 868. The molecule has 0 atom stereocenters. The first-order valence-corrected chi connectivity index (χ1v) is 7.50. The summed E-state index contributed by atoms with van der Waals surface area (Å²) in [6.07, 6.45) is 5.39. The summed E-state index contributed by atoms with van der Waals surface area (Å²) in [4.78, 5) is 28.4. The third-order valence-electron chi connectivity index (χ3n) is 4.09. The molecule has 24 heavy (non-hydrogen) atoms. The molecular weight excluding hydrogens is 306 g/mol. The van der Waals surface area contributed by atoms with E-state index in [2.05, 4.69) is 4.98 Å². The number of allylic oxidation sites excluding steroid dienone is 1. The lowest BCUT2D eigenvalue weighted by molar-refractivity contribution is 0.101. The van der Waals surface area contributed by atoms with Gasteiger partial charge in [0.05, 0.1) is 14.2 Å². The van der Waals surface area contributed by atoms with Gasteiger partial charge >= 0.3 is 0 Å². The molecule has 0 saturated carbocycles. The molecule has 1 aromatic heterocycles. The van der Waals surface area contributed by atoms with Crippen molar-refractivity contribution >= 4 is 17.6 Å². The van der Waals surface area contributed by atoms with Gasteiger partial charge in [0.1, 0.15) is 0 Å². The molecule has 0 radical (unpaired) electrons. The zero-order valence-electron chi connectivity index (χ0n) is 13.8. The van der Waals surface area contributed by atoms with E-state index in [4.69, 9.17) is 9.47 Å². The van der Waals surface area contributed by atoms with Crippen molar-refractivity contribution in [2.24, 2.45) is 0 Å². The van der Waals surface area contributed by atoms with Crippen molar-refractivity contribution in [1.29, 1.82) is 0 Å². The van der Waals surface area contributed by atoms with Crippen LogP contribution in [0.3, 0.4) is 0 Å². The summed E-state index contributed by atoms with van der Waals surface area (Å²) in [6, 6.07) is 5.27. The van der Waals surface area contributed by atoms with Crippen LogP contribution in [-0.4, -0.2) is 30.8 Å². The molecule has 0 saturated heterocycles. The van der Waals surface area contributed by atoms with Crippen molar-refractivity contribution in [3.63, 3.8) is 0 Å². The molecule has 0 bridgehead atoms. The average Bonchev–Trinajstić information content (AvgIpc) is 2.89. The van der Waals surface area contributed by atoms with Crippen LogP contribution < -0.4 is 9.47 Å². The second-order valence-electron chi connectivity index (χ2n) is 5.56. The summed E-state index contributed by atoms with van der Waals surface area (Å²) in [7, 11) is 3.10. The number of pyridine rings is 1. The van der Waals surface area contributed by atoms with Gasteiger partial charge in [-0.2, -0.15) is 0 Å². The van der Waals surface area contributed by atoms with Gasteiger partial charge < -0.3 is 9.47 Å². The molecule has 0 unspecified atom stereocenters. The second-order valence-corrected chi connectivity index (χ2v) is 5.56. The summed E-state index contributed by atoms with van der Waals surface area (Å²) in [5.41, 5.74) is 3.34. The molecular formula is C19H17NO4. The van der Waals surface area contributed by atoms with Crippen molar-refractivity contribution in [3.8, 4) is 11.5 Å². The normalized spacial score (nSPS) is 14.6. The van der Waals surface area contributed by atoms with Crippen LogP contribution in [0.1, 0.15) is 38.8 Å². The van der Waals surface area contributed by atoms with E-state index in [0.717, 1.165) is 5.56 Å². The number of fused-ring (bicyclic) bond motifs is 1. The minimum absolute atomic E-state index is 0.0581. The maximum Gasteiger partial charge on any atom is 0.189 e. The van der Waals surface area contributed by atoms with Gasteiger partial charge in [-0.05, 0) is 42.3 Å². The van der Waals surface area contributed by atoms with E-state index in [1.165, 1.54) is 20.2 Å². The Morgan fingerprint density at radius 3 is 2.58 bits per heavy atom. The summed E-state index contributed by atoms with van der Waals surface area (Å²) in [5.74, 6) is 0.983. The Kier molecular flexibility index (Phi) is 4.16. The number of benzene rings is 1. The maximum atomic E-state index is 12.7. The van der Waals surface area contributed by atoms with Gasteiger partial charge in [0.25, 0.3) is 0 Å². The molecule has 0 fully saturated rings. The molecule has 0 spiro atoms. The van der Waals surface area contributed by atoms with E-state index in [0.29, 0.717) is 40.2 Å². The number of aromatic nitrogens is 1. The fourth-order valence-electron chi connectivity index (χ4n) is 2.87. The van der Waals surface area contributed by atoms with Gasteiger partial charge in [-0.3, -0.25) is 14.6 Å². The molecule has 0 N–H and O–H groups in total. The first-order valence-electron chi connectivity index (χ1n) is 7.50. The highest BCUT2D eigenvalue weighted by Gasteiger charge is 2.27. The molecule has 1 aliphatic rings. The number of hydrogen-bond acceptors (Lipinski definition) is 5.